The number of ether oxygens (including phenoxy) is 2. The van der Waals surface area contributed by atoms with E-state index in [0.29, 0.717) is 28.1 Å². The number of methoxy groups -OCH3 is 1. The number of hydrogen-bond acceptors (Lipinski definition) is 4. The van der Waals surface area contributed by atoms with Crippen molar-refractivity contribution in [1.29, 1.82) is 5.26 Å². The van der Waals surface area contributed by atoms with Crippen LogP contribution in [0.1, 0.15) is 42.4 Å². The van der Waals surface area contributed by atoms with Crippen molar-refractivity contribution >= 4 is 27.9 Å². The summed E-state index contributed by atoms with van der Waals surface area (Å²) in [5, 5.41) is 12.4. The Hall–Kier alpha value is -2.78. The van der Waals surface area contributed by atoms with Gasteiger partial charge in [0.2, 0.25) is 0 Å². The third-order valence-electron chi connectivity index (χ3n) is 5.08. The molecule has 0 bridgehead atoms. The maximum atomic E-state index is 12.5. The Bertz CT molecular complexity index is 988. The second-order valence-corrected chi connectivity index (χ2v) is 8.29. The molecule has 0 aliphatic heterocycles. The van der Waals surface area contributed by atoms with E-state index in [4.69, 9.17) is 9.47 Å². The molecule has 1 fully saturated rings. The van der Waals surface area contributed by atoms with Crippen molar-refractivity contribution in [2.75, 3.05) is 7.11 Å². The number of halogens is 1. The maximum Gasteiger partial charge on any atom is 0.262 e. The smallest absolute Gasteiger partial charge is 0.262 e. The number of amides is 1. The SMILES string of the molecule is COc1cc(/C=C(/C#N)C(=O)NC2CCCC2)cc(Br)c1OCc1cccc(C)c1. The van der Waals surface area contributed by atoms with Gasteiger partial charge in [-0.2, -0.15) is 5.26 Å². The van der Waals surface area contributed by atoms with E-state index in [1.165, 1.54) is 5.56 Å². The molecule has 1 amide bonds. The summed E-state index contributed by atoms with van der Waals surface area (Å²) in [5.74, 6) is 0.765. The first-order chi connectivity index (χ1) is 14.5. The zero-order chi connectivity index (χ0) is 21.5. The monoisotopic (exact) mass is 468 g/mol. The fourth-order valence-corrected chi connectivity index (χ4v) is 4.14. The molecule has 0 radical (unpaired) electrons. The minimum absolute atomic E-state index is 0.0734. The van der Waals surface area contributed by atoms with Gasteiger partial charge in [-0.3, -0.25) is 4.79 Å². The number of carbonyl (C=O) groups is 1. The van der Waals surface area contributed by atoms with E-state index in [2.05, 4.69) is 27.3 Å². The van der Waals surface area contributed by atoms with Gasteiger partial charge in [-0.1, -0.05) is 42.7 Å². The van der Waals surface area contributed by atoms with Crippen molar-refractivity contribution in [1.82, 2.24) is 5.32 Å². The van der Waals surface area contributed by atoms with Crippen LogP contribution in [-0.2, 0) is 11.4 Å². The van der Waals surface area contributed by atoms with Crippen LogP contribution in [0.4, 0.5) is 0 Å². The standard InChI is InChI=1S/C24H25BrN2O3/c1-16-6-5-7-17(10-16)15-30-23-21(25)12-18(13-22(23)29-2)11-19(14-26)24(28)27-20-8-3-4-9-20/h5-7,10-13,20H,3-4,8-9,15H2,1-2H3,(H,27,28)/b19-11-. The number of hydrogen-bond donors (Lipinski definition) is 1. The van der Waals surface area contributed by atoms with Crippen LogP contribution >= 0.6 is 15.9 Å². The van der Waals surface area contributed by atoms with Crippen molar-refractivity contribution in [2.24, 2.45) is 0 Å². The molecular weight excluding hydrogens is 444 g/mol. The normalized spacial score (nSPS) is 14.3. The molecule has 2 aromatic rings. The summed E-state index contributed by atoms with van der Waals surface area (Å²) in [6, 6.07) is 13.9. The third-order valence-corrected chi connectivity index (χ3v) is 5.67. The lowest BCUT2D eigenvalue weighted by Gasteiger charge is -2.14. The van der Waals surface area contributed by atoms with E-state index in [0.717, 1.165) is 31.2 Å². The molecule has 30 heavy (non-hydrogen) atoms. The Morgan fingerprint density at radius 3 is 2.73 bits per heavy atom. The number of nitriles is 1. The Labute approximate surface area is 185 Å². The van der Waals surface area contributed by atoms with E-state index in [1.807, 2.05) is 37.3 Å². The molecule has 0 atom stereocenters. The van der Waals surface area contributed by atoms with Gasteiger partial charge in [0, 0.05) is 6.04 Å². The first-order valence-electron chi connectivity index (χ1n) is 9.98. The van der Waals surface area contributed by atoms with Crippen LogP contribution in [0.25, 0.3) is 6.08 Å². The molecule has 0 aromatic heterocycles. The van der Waals surface area contributed by atoms with E-state index >= 15 is 0 Å². The number of benzene rings is 2. The largest absolute Gasteiger partial charge is 0.493 e. The van der Waals surface area contributed by atoms with Crippen LogP contribution in [0, 0.1) is 18.3 Å². The van der Waals surface area contributed by atoms with Gasteiger partial charge in [-0.15, -0.1) is 0 Å². The van der Waals surface area contributed by atoms with Gasteiger partial charge in [-0.25, -0.2) is 0 Å². The summed E-state index contributed by atoms with van der Waals surface area (Å²) in [6.07, 6.45) is 5.74. The first-order valence-corrected chi connectivity index (χ1v) is 10.8. The van der Waals surface area contributed by atoms with Gasteiger partial charge in [0.25, 0.3) is 5.91 Å². The average Bonchev–Trinajstić information content (AvgIpc) is 3.23. The molecule has 1 aliphatic rings. The fourth-order valence-electron chi connectivity index (χ4n) is 3.57. The molecule has 1 aliphatic carbocycles. The van der Waals surface area contributed by atoms with Gasteiger partial charge in [-0.05, 0) is 65.0 Å². The van der Waals surface area contributed by atoms with E-state index < -0.39 is 0 Å². The highest BCUT2D eigenvalue weighted by atomic mass is 79.9. The summed E-state index contributed by atoms with van der Waals surface area (Å²) in [6.45, 7) is 2.44. The van der Waals surface area contributed by atoms with Crippen molar-refractivity contribution in [3.63, 3.8) is 0 Å². The van der Waals surface area contributed by atoms with Crippen LogP contribution in [0.2, 0.25) is 0 Å². The Kier molecular flexibility index (Phi) is 7.53. The van der Waals surface area contributed by atoms with E-state index in [-0.39, 0.29) is 17.5 Å². The molecule has 1 N–H and O–H groups in total. The summed E-state index contributed by atoms with van der Waals surface area (Å²) >= 11 is 3.53. The lowest BCUT2D eigenvalue weighted by molar-refractivity contribution is -0.117. The molecule has 0 unspecified atom stereocenters. The molecule has 1 saturated carbocycles. The van der Waals surface area contributed by atoms with Crippen molar-refractivity contribution in [3.05, 3.63) is 63.1 Å². The van der Waals surface area contributed by atoms with Crippen molar-refractivity contribution < 1.29 is 14.3 Å². The van der Waals surface area contributed by atoms with E-state index in [9.17, 15) is 10.1 Å². The molecule has 5 nitrogen and oxygen atoms in total. The first kappa shape index (κ1) is 21.9. The molecule has 0 saturated heterocycles. The van der Waals surface area contributed by atoms with Crippen molar-refractivity contribution in [3.8, 4) is 17.6 Å². The lowest BCUT2D eigenvalue weighted by Crippen LogP contribution is -2.33. The second-order valence-electron chi connectivity index (χ2n) is 7.44. The molecule has 3 rings (SSSR count). The van der Waals surface area contributed by atoms with Crippen LogP contribution in [0.15, 0.2) is 46.4 Å². The lowest BCUT2D eigenvalue weighted by atomic mass is 10.1. The molecule has 0 spiro atoms. The number of nitrogens with zero attached hydrogens (tertiary/aromatic N) is 1. The minimum atomic E-state index is -0.334. The summed E-state index contributed by atoms with van der Waals surface area (Å²) < 4.78 is 12.2. The zero-order valence-corrected chi connectivity index (χ0v) is 18.8. The summed E-state index contributed by atoms with van der Waals surface area (Å²) in [4.78, 5) is 12.5. The molecule has 2 aromatic carbocycles. The predicted octanol–water partition coefficient (Wildman–Crippen LogP) is 5.31. The Morgan fingerprint density at radius 1 is 1.30 bits per heavy atom. The van der Waals surface area contributed by atoms with Crippen LogP contribution < -0.4 is 14.8 Å². The Morgan fingerprint density at radius 2 is 2.07 bits per heavy atom. The molecule has 0 heterocycles. The third kappa shape index (κ3) is 5.64. The Balaban J connectivity index is 1.78. The van der Waals surface area contributed by atoms with Gasteiger partial charge in [0.05, 0.1) is 11.6 Å². The predicted molar refractivity (Wildman–Crippen MR) is 120 cm³/mol. The number of rotatable bonds is 7. The number of carbonyl (C=O) groups excluding carboxylic acids is 1. The summed E-state index contributed by atoms with van der Waals surface area (Å²) in [5.41, 5.74) is 2.98. The van der Waals surface area contributed by atoms with Crippen LogP contribution in [-0.4, -0.2) is 19.1 Å². The van der Waals surface area contributed by atoms with Gasteiger partial charge >= 0.3 is 0 Å². The van der Waals surface area contributed by atoms with E-state index in [1.54, 1.807) is 19.3 Å². The maximum absolute atomic E-state index is 12.5. The van der Waals surface area contributed by atoms with Crippen LogP contribution in [0.3, 0.4) is 0 Å². The molecule has 156 valence electrons. The zero-order valence-electron chi connectivity index (χ0n) is 17.2. The number of aryl methyl sites for hydroxylation is 1. The highest BCUT2D eigenvalue weighted by molar-refractivity contribution is 9.10. The summed E-state index contributed by atoms with van der Waals surface area (Å²) in [7, 11) is 1.56. The van der Waals surface area contributed by atoms with Crippen molar-refractivity contribution in [2.45, 2.75) is 45.3 Å². The van der Waals surface area contributed by atoms with Gasteiger partial charge in [0.15, 0.2) is 11.5 Å². The quantitative estimate of drug-likeness (QED) is 0.441. The number of nitrogens with one attached hydrogen (secondary N) is 1. The average molecular weight is 469 g/mol. The minimum Gasteiger partial charge on any atom is -0.493 e. The molecular formula is C24H25BrN2O3. The highest BCUT2D eigenvalue weighted by Gasteiger charge is 2.20. The van der Waals surface area contributed by atoms with Gasteiger partial charge < -0.3 is 14.8 Å². The topological polar surface area (TPSA) is 71.3 Å². The second kappa shape index (κ2) is 10.3. The highest BCUT2D eigenvalue weighted by Crippen LogP contribution is 2.37. The molecule has 6 heteroatoms. The van der Waals surface area contributed by atoms with Gasteiger partial charge in [0.1, 0.15) is 18.2 Å². The fraction of sp³-hybridized carbons (Fsp3) is 0.333. The van der Waals surface area contributed by atoms with Crippen LogP contribution in [0.5, 0.6) is 11.5 Å².